The molecule has 1 aliphatic carbocycles. The van der Waals surface area contributed by atoms with Crippen LogP contribution in [0.3, 0.4) is 0 Å². The highest BCUT2D eigenvalue weighted by atomic mass is 15.2. The number of amidine groups is 1. The molecule has 0 bridgehead atoms. The summed E-state index contributed by atoms with van der Waals surface area (Å²) in [5, 5.41) is 10.2. The van der Waals surface area contributed by atoms with Crippen molar-refractivity contribution in [2.24, 2.45) is 10.9 Å². The minimum absolute atomic E-state index is 0.343. The van der Waals surface area contributed by atoms with E-state index in [1.54, 1.807) is 0 Å². The van der Waals surface area contributed by atoms with Crippen molar-refractivity contribution in [3.8, 4) is 6.07 Å². The molecule has 3 rings (SSSR count). The van der Waals surface area contributed by atoms with Crippen LogP contribution in [0.1, 0.15) is 51.0 Å². The molecule has 0 aromatic heterocycles. The highest BCUT2D eigenvalue weighted by molar-refractivity contribution is 5.81. The monoisotopic (exact) mass is 309 g/mol. The first kappa shape index (κ1) is 16.1. The molecule has 1 aromatic carbocycles. The fourth-order valence-corrected chi connectivity index (χ4v) is 4.31. The first-order valence-electron chi connectivity index (χ1n) is 8.99. The molecule has 3 nitrogen and oxygen atoms in total. The zero-order valence-electron chi connectivity index (χ0n) is 14.2. The molecule has 1 fully saturated rings. The highest BCUT2D eigenvalue weighted by Gasteiger charge is 2.41. The van der Waals surface area contributed by atoms with Gasteiger partial charge in [-0.15, -0.1) is 0 Å². The van der Waals surface area contributed by atoms with Gasteiger partial charge in [0.25, 0.3) is 0 Å². The quantitative estimate of drug-likeness (QED) is 0.819. The van der Waals surface area contributed by atoms with Gasteiger partial charge in [0.05, 0.1) is 23.9 Å². The number of hydrogen-bond donors (Lipinski definition) is 0. The molecule has 23 heavy (non-hydrogen) atoms. The molecule has 0 spiro atoms. The van der Waals surface area contributed by atoms with Crippen LogP contribution in [-0.2, 0) is 5.41 Å². The summed E-state index contributed by atoms with van der Waals surface area (Å²) in [5.74, 6) is 1.62. The van der Waals surface area contributed by atoms with Gasteiger partial charge in [-0.2, -0.15) is 5.26 Å². The Hall–Kier alpha value is -1.82. The van der Waals surface area contributed by atoms with E-state index >= 15 is 0 Å². The molecule has 2 aliphatic rings. The summed E-state index contributed by atoms with van der Waals surface area (Å²) in [6.07, 6.45) is 7.15. The molecule has 0 amide bonds. The average molecular weight is 309 g/mol. The Kier molecular flexibility index (Phi) is 5.00. The van der Waals surface area contributed by atoms with Crippen LogP contribution < -0.4 is 0 Å². The third-order valence-corrected chi connectivity index (χ3v) is 5.73. The standard InChI is InChI=1S/C20H27N3/c1-17-22-13-15-23(17)14-12-20(16-21,18-8-4-2-5-9-18)19-10-6-3-7-11-19/h2,4-5,8-9,19H,3,6-7,10-15H2,1H3. The zero-order valence-corrected chi connectivity index (χ0v) is 14.2. The molecule has 1 unspecified atom stereocenters. The molecule has 1 saturated carbocycles. The predicted octanol–water partition coefficient (Wildman–Crippen LogP) is 4.15. The van der Waals surface area contributed by atoms with Crippen molar-refractivity contribution < 1.29 is 0 Å². The van der Waals surface area contributed by atoms with Gasteiger partial charge in [0.2, 0.25) is 0 Å². The summed E-state index contributed by atoms with van der Waals surface area (Å²) in [4.78, 5) is 6.83. The summed E-state index contributed by atoms with van der Waals surface area (Å²) in [5.41, 5.74) is 0.869. The zero-order chi connectivity index (χ0) is 16.1. The van der Waals surface area contributed by atoms with E-state index in [1.807, 2.05) is 6.07 Å². The molecule has 0 saturated heterocycles. The first-order chi connectivity index (χ1) is 11.3. The molecule has 1 heterocycles. The fourth-order valence-electron chi connectivity index (χ4n) is 4.31. The average Bonchev–Trinajstić information content (AvgIpc) is 3.03. The molecule has 3 heteroatoms. The number of benzene rings is 1. The van der Waals surface area contributed by atoms with E-state index in [0.29, 0.717) is 5.92 Å². The Morgan fingerprint density at radius 3 is 2.57 bits per heavy atom. The van der Waals surface area contributed by atoms with Crippen molar-refractivity contribution in [1.29, 1.82) is 5.26 Å². The fraction of sp³-hybridized carbons (Fsp3) is 0.600. The van der Waals surface area contributed by atoms with Gasteiger partial charge in [-0.25, -0.2) is 0 Å². The van der Waals surface area contributed by atoms with Crippen molar-refractivity contribution in [2.75, 3.05) is 19.6 Å². The third kappa shape index (κ3) is 3.27. The van der Waals surface area contributed by atoms with Gasteiger partial charge in [0, 0.05) is 13.1 Å². The van der Waals surface area contributed by atoms with E-state index in [9.17, 15) is 5.26 Å². The summed E-state index contributed by atoms with van der Waals surface area (Å²) >= 11 is 0. The summed E-state index contributed by atoms with van der Waals surface area (Å²) < 4.78 is 0. The van der Waals surface area contributed by atoms with Crippen LogP contribution in [0.4, 0.5) is 0 Å². The minimum atomic E-state index is -0.343. The van der Waals surface area contributed by atoms with Crippen LogP contribution in [0.5, 0.6) is 0 Å². The molecular formula is C20H27N3. The maximum Gasteiger partial charge on any atom is 0.0958 e. The Morgan fingerprint density at radius 1 is 1.22 bits per heavy atom. The Bertz CT molecular complexity index is 581. The SMILES string of the molecule is CC1=NCCN1CCC(C#N)(c1ccccc1)C1CCCCC1. The van der Waals surface area contributed by atoms with Gasteiger partial charge < -0.3 is 4.90 Å². The van der Waals surface area contributed by atoms with Crippen LogP contribution in [0, 0.1) is 17.2 Å². The van der Waals surface area contributed by atoms with Gasteiger partial charge in [-0.1, -0.05) is 49.6 Å². The highest BCUT2D eigenvalue weighted by Crippen LogP contribution is 2.43. The van der Waals surface area contributed by atoms with Gasteiger partial charge in [-0.3, -0.25) is 4.99 Å². The molecule has 1 aromatic rings. The smallest absolute Gasteiger partial charge is 0.0958 e. The second-order valence-electron chi connectivity index (χ2n) is 6.95. The molecule has 0 radical (unpaired) electrons. The van der Waals surface area contributed by atoms with E-state index < -0.39 is 0 Å². The Balaban J connectivity index is 1.85. The maximum atomic E-state index is 10.2. The van der Waals surface area contributed by atoms with Gasteiger partial charge in [-0.05, 0) is 37.7 Å². The van der Waals surface area contributed by atoms with E-state index in [4.69, 9.17) is 0 Å². The topological polar surface area (TPSA) is 39.4 Å². The third-order valence-electron chi connectivity index (χ3n) is 5.73. The van der Waals surface area contributed by atoms with E-state index in [0.717, 1.165) is 31.9 Å². The lowest BCUT2D eigenvalue weighted by Gasteiger charge is -2.39. The Labute approximate surface area is 140 Å². The predicted molar refractivity (Wildman–Crippen MR) is 94.5 cm³/mol. The number of rotatable bonds is 5. The minimum Gasteiger partial charge on any atom is -0.359 e. The van der Waals surface area contributed by atoms with E-state index in [2.05, 4.69) is 47.2 Å². The van der Waals surface area contributed by atoms with Gasteiger partial charge in [0.1, 0.15) is 0 Å². The number of aliphatic imine (C=N–C) groups is 1. The molecule has 0 N–H and O–H groups in total. The summed E-state index contributed by atoms with van der Waals surface area (Å²) in [6, 6.07) is 13.3. The van der Waals surface area contributed by atoms with Crippen LogP contribution >= 0.6 is 0 Å². The van der Waals surface area contributed by atoms with Crippen molar-refractivity contribution in [2.45, 2.75) is 50.9 Å². The van der Waals surface area contributed by atoms with Crippen molar-refractivity contribution in [3.63, 3.8) is 0 Å². The second-order valence-corrected chi connectivity index (χ2v) is 6.95. The number of nitrogens with zero attached hydrogens (tertiary/aromatic N) is 3. The lowest BCUT2D eigenvalue weighted by molar-refractivity contribution is 0.226. The van der Waals surface area contributed by atoms with Gasteiger partial charge in [0.15, 0.2) is 0 Å². The summed E-state index contributed by atoms with van der Waals surface area (Å²) in [6.45, 7) is 4.94. The molecule has 1 aliphatic heterocycles. The van der Waals surface area contributed by atoms with E-state index in [1.165, 1.54) is 37.7 Å². The number of nitriles is 1. The van der Waals surface area contributed by atoms with Crippen LogP contribution in [0.25, 0.3) is 0 Å². The van der Waals surface area contributed by atoms with Crippen LogP contribution in [-0.4, -0.2) is 30.4 Å². The van der Waals surface area contributed by atoms with Gasteiger partial charge >= 0.3 is 0 Å². The molecular weight excluding hydrogens is 282 g/mol. The van der Waals surface area contributed by atoms with Crippen molar-refractivity contribution >= 4 is 5.84 Å². The second kappa shape index (κ2) is 7.17. The maximum absolute atomic E-state index is 10.2. The Morgan fingerprint density at radius 2 is 1.96 bits per heavy atom. The van der Waals surface area contributed by atoms with Crippen LogP contribution in [0.15, 0.2) is 35.3 Å². The summed E-state index contributed by atoms with van der Waals surface area (Å²) in [7, 11) is 0. The lowest BCUT2D eigenvalue weighted by Crippen LogP contribution is -2.39. The van der Waals surface area contributed by atoms with Crippen LogP contribution in [0.2, 0.25) is 0 Å². The normalized spacial score (nSPS) is 21.6. The van der Waals surface area contributed by atoms with Crippen molar-refractivity contribution in [1.82, 2.24) is 4.90 Å². The van der Waals surface area contributed by atoms with E-state index in [-0.39, 0.29) is 5.41 Å². The largest absolute Gasteiger partial charge is 0.359 e. The molecule has 122 valence electrons. The first-order valence-corrected chi connectivity index (χ1v) is 8.99. The number of hydrogen-bond acceptors (Lipinski definition) is 3. The lowest BCUT2D eigenvalue weighted by atomic mass is 9.64. The van der Waals surface area contributed by atoms with Crippen molar-refractivity contribution in [3.05, 3.63) is 35.9 Å². The molecule has 1 atom stereocenters.